The zero-order chi connectivity index (χ0) is 12.3. The maximum atomic E-state index is 12.1. The molecule has 1 aliphatic heterocycles. The summed E-state index contributed by atoms with van der Waals surface area (Å²) in [6.07, 6.45) is 4.09. The van der Waals surface area contributed by atoms with E-state index in [4.69, 9.17) is 4.74 Å². The second-order valence-corrected chi connectivity index (χ2v) is 4.44. The van der Waals surface area contributed by atoms with Crippen molar-refractivity contribution in [3.8, 4) is 0 Å². The van der Waals surface area contributed by atoms with Crippen LogP contribution in [-0.4, -0.2) is 52.5 Å². The fourth-order valence-corrected chi connectivity index (χ4v) is 1.91. The Bertz CT molecular complexity index is 381. The third-order valence-corrected chi connectivity index (χ3v) is 2.97. The van der Waals surface area contributed by atoms with E-state index in [2.05, 4.69) is 28.7 Å². The number of aromatic nitrogens is 2. The average Bonchev–Trinajstić information content (AvgIpc) is 2.39. The van der Waals surface area contributed by atoms with Crippen LogP contribution < -0.4 is 0 Å². The van der Waals surface area contributed by atoms with Crippen LogP contribution in [-0.2, 0) is 4.74 Å². The number of hydrogen-bond acceptors (Lipinski definition) is 5. The van der Waals surface area contributed by atoms with Crippen molar-refractivity contribution in [3.05, 3.63) is 24.3 Å². The van der Waals surface area contributed by atoms with Gasteiger partial charge in [-0.1, -0.05) is 0 Å². The molecule has 2 rings (SSSR count). The van der Waals surface area contributed by atoms with Crippen molar-refractivity contribution >= 4 is 5.78 Å². The van der Waals surface area contributed by atoms with Gasteiger partial charge in [-0.25, -0.2) is 9.97 Å². The van der Waals surface area contributed by atoms with E-state index >= 15 is 0 Å². The van der Waals surface area contributed by atoms with Crippen LogP contribution in [0, 0.1) is 0 Å². The van der Waals surface area contributed by atoms with E-state index in [0.717, 1.165) is 6.54 Å². The summed E-state index contributed by atoms with van der Waals surface area (Å²) in [5.41, 5.74) is 0.517. The monoisotopic (exact) mass is 235 g/mol. The predicted molar refractivity (Wildman–Crippen MR) is 62.8 cm³/mol. The lowest BCUT2D eigenvalue weighted by Gasteiger charge is -2.34. The smallest absolute Gasteiger partial charge is 0.195 e. The number of ether oxygens (including phenoxy) is 1. The number of carbonyl (C=O) groups is 1. The predicted octanol–water partition coefficient (Wildman–Crippen LogP) is 0.768. The molecule has 2 heterocycles. The fraction of sp³-hybridized carbons (Fsp3) is 0.583. The van der Waals surface area contributed by atoms with E-state index in [1.54, 1.807) is 0 Å². The van der Waals surface area contributed by atoms with Gasteiger partial charge in [-0.2, -0.15) is 0 Å². The van der Waals surface area contributed by atoms with Crippen molar-refractivity contribution < 1.29 is 9.53 Å². The largest absolute Gasteiger partial charge is 0.367 e. The van der Waals surface area contributed by atoms with Gasteiger partial charge in [0.2, 0.25) is 0 Å². The van der Waals surface area contributed by atoms with Gasteiger partial charge in [-0.05, 0) is 13.8 Å². The van der Waals surface area contributed by atoms with E-state index in [0.29, 0.717) is 24.8 Å². The van der Waals surface area contributed by atoms with Crippen LogP contribution in [0.25, 0.3) is 0 Å². The summed E-state index contributed by atoms with van der Waals surface area (Å²) in [4.78, 5) is 22.1. The lowest BCUT2D eigenvalue weighted by atomic mass is 10.1. The van der Waals surface area contributed by atoms with Crippen molar-refractivity contribution in [2.24, 2.45) is 0 Å². The zero-order valence-corrected chi connectivity index (χ0v) is 10.2. The van der Waals surface area contributed by atoms with E-state index in [9.17, 15) is 4.79 Å². The Morgan fingerprint density at radius 1 is 1.47 bits per heavy atom. The molecule has 0 aliphatic carbocycles. The minimum atomic E-state index is -0.392. The molecule has 92 valence electrons. The molecule has 0 radical (unpaired) electrons. The molecule has 0 bridgehead atoms. The van der Waals surface area contributed by atoms with E-state index in [-0.39, 0.29) is 5.78 Å². The van der Waals surface area contributed by atoms with Gasteiger partial charge in [-0.3, -0.25) is 9.69 Å². The zero-order valence-electron chi connectivity index (χ0n) is 10.2. The molecule has 0 saturated carbocycles. The highest BCUT2D eigenvalue weighted by molar-refractivity contribution is 5.99. The minimum absolute atomic E-state index is 0.0315. The Labute approximate surface area is 101 Å². The molecule has 1 aromatic heterocycles. The first-order valence-electron chi connectivity index (χ1n) is 5.83. The lowest BCUT2D eigenvalue weighted by Crippen LogP contribution is -2.48. The summed E-state index contributed by atoms with van der Waals surface area (Å²) in [5.74, 6) is -0.0315. The molecule has 1 unspecified atom stereocenters. The van der Waals surface area contributed by atoms with Gasteiger partial charge in [0.25, 0.3) is 0 Å². The number of morpholine rings is 1. The van der Waals surface area contributed by atoms with Crippen LogP contribution >= 0.6 is 0 Å². The number of hydrogen-bond donors (Lipinski definition) is 0. The highest BCUT2D eigenvalue weighted by atomic mass is 16.5. The maximum Gasteiger partial charge on any atom is 0.195 e. The number of carbonyl (C=O) groups excluding carboxylic acids is 1. The van der Waals surface area contributed by atoms with Gasteiger partial charge in [0.15, 0.2) is 5.78 Å². The third-order valence-electron chi connectivity index (χ3n) is 2.97. The first kappa shape index (κ1) is 12.1. The Morgan fingerprint density at radius 3 is 2.82 bits per heavy atom. The van der Waals surface area contributed by atoms with E-state index < -0.39 is 6.10 Å². The summed E-state index contributed by atoms with van der Waals surface area (Å²) >= 11 is 0. The van der Waals surface area contributed by atoms with Gasteiger partial charge in [0.1, 0.15) is 12.4 Å². The molecular formula is C12H17N3O2. The van der Waals surface area contributed by atoms with Crippen LogP contribution in [0.5, 0.6) is 0 Å². The van der Waals surface area contributed by atoms with Crippen molar-refractivity contribution in [1.29, 1.82) is 0 Å². The number of nitrogens with zero attached hydrogens (tertiary/aromatic N) is 3. The van der Waals surface area contributed by atoms with Crippen molar-refractivity contribution in [1.82, 2.24) is 14.9 Å². The second kappa shape index (κ2) is 5.33. The molecule has 0 aromatic carbocycles. The number of rotatable bonds is 3. The summed E-state index contributed by atoms with van der Waals surface area (Å²) < 4.78 is 5.53. The highest BCUT2D eigenvalue weighted by Gasteiger charge is 2.28. The Hall–Kier alpha value is -1.33. The maximum absolute atomic E-state index is 12.1. The minimum Gasteiger partial charge on any atom is -0.367 e. The van der Waals surface area contributed by atoms with Gasteiger partial charge in [-0.15, -0.1) is 0 Å². The number of Topliss-reactive ketones (excluding diaryl/α,β-unsaturated/α-hetero) is 1. The standard InChI is InChI=1S/C12H17N3O2/c1-9(2)15-3-4-17-11(7-15)12(16)10-5-13-8-14-6-10/h5-6,8-9,11H,3-4,7H2,1-2H3. The van der Waals surface area contributed by atoms with Crippen LogP contribution in [0.4, 0.5) is 0 Å². The van der Waals surface area contributed by atoms with Crippen molar-refractivity contribution in [2.45, 2.75) is 26.0 Å². The van der Waals surface area contributed by atoms with Crippen molar-refractivity contribution in [2.75, 3.05) is 19.7 Å². The van der Waals surface area contributed by atoms with Gasteiger partial charge >= 0.3 is 0 Å². The lowest BCUT2D eigenvalue weighted by molar-refractivity contribution is -0.0256. The van der Waals surface area contributed by atoms with Gasteiger partial charge in [0, 0.05) is 31.5 Å². The van der Waals surface area contributed by atoms with Crippen LogP contribution in [0.1, 0.15) is 24.2 Å². The molecule has 1 aromatic rings. The number of ketones is 1. The summed E-state index contributed by atoms with van der Waals surface area (Å²) in [6, 6.07) is 0.432. The molecule has 0 amide bonds. The van der Waals surface area contributed by atoms with Gasteiger partial charge in [0.05, 0.1) is 12.2 Å². The molecule has 5 nitrogen and oxygen atoms in total. The first-order chi connectivity index (χ1) is 8.18. The third kappa shape index (κ3) is 2.87. The van der Waals surface area contributed by atoms with E-state index in [1.807, 2.05) is 0 Å². The molecule has 17 heavy (non-hydrogen) atoms. The highest BCUT2D eigenvalue weighted by Crippen LogP contribution is 2.12. The summed E-state index contributed by atoms with van der Waals surface area (Å²) in [5, 5.41) is 0. The van der Waals surface area contributed by atoms with E-state index in [1.165, 1.54) is 18.7 Å². The molecule has 5 heteroatoms. The van der Waals surface area contributed by atoms with Crippen LogP contribution in [0.3, 0.4) is 0 Å². The van der Waals surface area contributed by atoms with Gasteiger partial charge < -0.3 is 4.74 Å². The SMILES string of the molecule is CC(C)N1CCOC(C(=O)c2cncnc2)C1. The van der Waals surface area contributed by atoms with Crippen molar-refractivity contribution in [3.63, 3.8) is 0 Å². The molecule has 0 N–H and O–H groups in total. The molecule has 1 saturated heterocycles. The average molecular weight is 235 g/mol. The quantitative estimate of drug-likeness (QED) is 0.724. The van der Waals surface area contributed by atoms with Crippen LogP contribution in [0.15, 0.2) is 18.7 Å². The Kier molecular flexibility index (Phi) is 3.81. The normalized spacial score (nSPS) is 21.7. The topological polar surface area (TPSA) is 55.3 Å². The Balaban J connectivity index is 2.05. The molecular weight excluding hydrogens is 218 g/mol. The molecule has 0 spiro atoms. The fourth-order valence-electron chi connectivity index (χ4n) is 1.91. The molecule has 1 aliphatic rings. The van der Waals surface area contributed by atoms with Crippen LogP contribution in [0.2, 0.25) is 0 Å². The molecule has 1 fully saturated rings. The Morgan fingerprint density at radius 2 is 2.18 bits per heavy atom. The first-order valence-corrected chi connectivity index (χ1v) is 5.83. The second-order valence-electron chi connectivity index (χ2n) is 4.44. The molecule has 1 atom stereocenters. The summed E-state index contributed by atoms with van der Waals surface area (Å²) in [7, 11) is 0. The summed E-state index contributed by atoms with van der Waals surface area (Å²) in [6.45, 7) is 6.37.